The molecule has 98 valence electrons. The molecule has 0 spiro atoms. The highest BCUT2D eigenvalue weighted by atomic mass is 19.4. The Morgan fingerprint density at radius 3 is 2.78 bits per heavy atom. The number of para-hydroxylation sites is 1. The van der Waals surface area contributed by atoms with Crippen LogP contribution in [0, 0.1) is 0 Å². The van der Waals surface area contributed by atoms with E-state index in [0.717, 1.165) is 5.56 Å². The van der Waals surface area contributed by atoms with Gasteiger partial charge in [0.1, 0.15) is 6.42 Å². The second-order valence-corrected chi connectivity index (χ2v) is 4.14. The molecule has 0 unspecified atom stereocenters. The number of carbonyl (C=O) groups is 1. The lowest BCUT2D eigenvalue weighted by molar-refractivity contribution is -0.151. The predicted molar refractivity (Wildman–Crippen MR) is 61.2 cm³/mol. The molecule has 0 aliphatic carbocycles. The van der Waals surface area contributed by atoms with Gasteiger partial charge in [0.15, 0.2) is 0 Å². The molecule has 1 aromatic carbocycles. The summed E-state index contributed by atoms with van der Waals surface area (Å²) in [7, 11) is 0. The maximum Gasteiger partial charge on any atom is 0.397 e. The SMILES string of the molecule is O=C(CC(F)(F)F)N1CCNCc2ccccc21. The molecule has 0 saturated carbocycles. The van der Waals surface area contributed by atoms with Gasteiger partial charge in [-0.25, -0.2) is 0 Å². The Balaban J connectivity index is 2.25. The first-order valence-electron chi connectivity index (χ1n) is 5.63. The first-order valence-corrected chi connectivity index (χ1v) is 5.63. The third-order valence-electron chi connectivity index (χ3n) is 2.76. The van der Waals surface area contributed by atoms with Crippen molar-refractivity contribution in [2.45, 2.75) is 19.1 Å². The quantitative estimate of drug-likeness (QED) is 0.836. The van der Waals surface area contributed by atoms with Gasteiger partial charge in [-0.2, -0.15) is 13.2 Å². The lowest BCUT2D eigenvalue weighted by atomic mass is 10.1. The maximum atomic E-state index is 12.3. The fraction of sp³-hybridized carbons (Fsp3) is 0.417. The largest absolute Gasteiger partial charge is 0.397 e. The molecule has 1 aliphatic heterocycles. The molecule has 0 aromatic heterocycles. The van der Waals surface area contributed by atoms with E-state index in [0.29, 0.717) is 18.8 Å². The summed E-state index contributed by atoms with van der Waals surface area (Å²) in [5.74, 6) is -0.904. The maximum absolute atomic E-state index is 12.3. The first-order chi connectivity index (χ1) is 8.47. The Kier molecular flexibility index (Phi) is 3.56. The van der Waals surface area contributed by atoms with E-state index < -0.39 is 18.5 Å². The standard InChI is InChI=1S/C12H13F3N2O/c13-12(14,15)7-11(18)17-6-5-16-8-9-3-1-2-4-10(9)17/h1-4,16H,5-8H2. The Morgan fingerprint density at radius 2 is 2.06 bits per heavy atom. The van der Waals surface area contributed by atoms with E-state index >= 15 is 0 Å². The van der Waals surface area contributed by atoms with Crippen LogP contribution in [0.3, 0.4) is 0 Å². The first kappa shape index (κ1) is 12.9. The molecule has 1 aromatic rings. The summed E-state index contributed by atoms with van der Waals surface area (Å²) in [5.41, 5.74) is 1.40. The Labute approximate surface area is 103 Å². The number of hydrogen-bond acceptors (Lipinski definition) is 2. The van der Waals surface area contributed by atoms with Gasteiger partial charge in [0.05, 0.1) is 0 Å². The zero-order valence-corrected chi connectivity index (χ0v) is 9.63. The van der Waals surface area contributed by atoms with Crippen LogP contribution in [0.25, 0.3) is 0 Å². The van der Waals surface area contributed by atoms with Crippen molar-refractivity contribution in [1.29, 1.82) is 0 Å². The van der Waals surface area contributed by atoms with Gasteiger partial charge < -0.3 is 10.2 Å². The molecule has 18 heavy (non-hydrogen) atoms. The zero-order chi connectivity index (χ0) is 13.2. The zero-order valence-electron chi connectivity index (χ0n) is 9.63. The molecular formula is C12H13F3N2O. The van der Waals surface area contributed by atoms with Crippen molar-refractivity contribution in [2.24, 2.45) is 0 Å². The summed E-state index contributed by atoms with van der Waals surface area (Å²) in [6.45, 7) is 1.30. The molecule has 3 nitrogen and oxygen atoms in total. The van der Waals surface area contributed by atoms with Crippen molar-refractivity contribution in [2.75, 3.05) is 18.0 Å². The van der Waals surface area contributed by atoms with Gasteiger partial charge in [-0.3, -0.25) is 4.79 Å². The lowest BCUT2D eigenvalue weighted by Crippen LogP contribution is -2.37. The molecule has 1 aliphatic rings. The monoisotopic (exact) mass is 258 g/mol. The lowest BCUT2D eigenvalue weighted by Gasteiger charge is -2.23. The van der Waals surface area contributed by atoms with Crippen LogP contribution in [-0.2, 0) is 11.3 Å². The molecule has 1 heterocycles. The van der Waals surface area contributed by atoms with Gasteiger partial charge in [0, 0.05) is 25.3 Å². The number of benzene rings is 1. The molecule has 1 amide bonds. The number of alkyl halides is 3. The summed E-state index contributed by atoms with van der Waals surface area (Å²) < 4.78 is 36.8. The van der Waals surface area contributed by atoms with Crippen LogP contribution in [-0.4, -0.2) is 25.2 Å². The Bertz CT molecular complexity index is 445. The van der Waals surface area contributed by atoms with Crippen molar-refractivity contribution in [1.82, 2.24) is 5.32 Å². The van der Waals surface area contributed by atoms with Gasteiger partial charge >= 0.3 is 6.18 Å². The Morgan fingerprint density at radius 1 is 1.33 bits per heavy atom. The van der Waals surface area contributed by atoms with Crippen molar-refractivity contribution in [3.8, 4) is 0 Å². The summed E-state index contributed by atoms with van der Waals surface area (Å²) in [6, 6.07) is 7.01. The summed E-state index contributed by atoms with van der Waals surface area (Å²) >= 11 is 0. The molecular weight excluding hydrogens is 245 g/mol. The normalized spacial score (nSPS) is 16.1. The minimum atomic E-state index is -4.47. The third kappa shape index (κ3) is 3.01. The number of anilines is 1. The van der Waals surface area contributed by atoms with E-state index in [9.17, 15) is 18.0 Å². The van der Waals surface area contributed by atoms with Crippen LogP contribution in [0.1, 0.15) is 12.0 Å². The number of amides is 1. The fourth-order valence-electron chi connectivity index (χ4n) is 1.98. The topological polar surface area (TPSA) is 32.3 Å². The Hall–Kier alpha value is -1.56. The number of nitrogens with one attached hydrogen (secondary N) is 1. The third-order valence-corrected chi connectivity index (χ3v) is 2.76. The van der Waals surface area contributed by atoms with Gasteiger partial charge in [-0.15, -0.1) is 0 Å². The number of halogens is 3. The number of carbonyl (C=O) groups excluding carboxylic acids is 1. The second-order valence-electron chi connectivity index (χ2n) is 4.14. The van der Waals surface area contributed by atoms with E-state index in [1.165, 1.54) is 4.90 Å². The summed E-state index contributed by atoms with van der Waals surface area (Å²) in [4.78, 5) is 12.9. The molecule has 0 saturated heterocycles. The van der Waals surface area contributed by atoms with E-state index in [-0.39, 0.29) is 6.54 Å². The molecule has 6 heteroatoms. The molecule has 0 bridgehead atoms. The average molecular weight is 258 g/mol. The highest BCUT2D eigenvalue weighted by Crippen LogP contribution is 2.26. The van der Waals surface area contributed by atoms with E-state index in [1.54, 1.807) is 18.2 Å². The van der Waals surface area contributed by atoms with Crippen LogP contribution in [0.4, 0.5) is 18.9 Å². The van der Waals surface area contributed by atoms with E-state index in [2.05, 4.69) is 5.32 Å². The van der Waals surface area contributed by atoms with Crippen LogP contribution in [0.2, 0.25) is 0 Å². The van der Waals surface area contributed by atoms with Gasteiger partial charge in [0.25, 0.3) is 0 Å². The molecule has 0 fully saturated rings. The van der Waals surface area contributed by atoms with Gasteiger partial charge in [-0.1, -0.05) is 18.2 Å². The molecule has 1 N–H and O–H groups in total. The van der Waals surface area contributed by atoms with Gasteiger partial charge in [0.2, 0.25) is 5.91 Å². The minimum absolute atomic E-state index is 0.256. The number of fused-ring (bicyclic) bond motifs is 1. The molecule has 0 radical (unpaired) electrons. The van der Waals surface area contributed by atoms with Crippen LogP contribution >= 0.6 is 0 Å². The number of nitrogens with zero attached hydrogens (tertiary/aromatic N) is 1. The fourth-order valence-corrected chi connectivity index (χ4v) is 1.98. The highest BCUT2D eigenvalue weighted by molar-refractivity contribution is 5.94. The van der Waals surface area contributed by atoms with Crippen LogP contribution in [0.5, 0.6) is 0 Å². The smallest absolute Gasteiger partial charge is 0.311 e. The minimum Gasteiger partial charge on any atom is -0.311 e. The van der Waals surface area contributed by atoms with E-state index in [4.69, 9.17) is 0 Å². The molecule has 0 atom stereocenters. The van der Waals surface area contributed by atoms with Crippen LogP contribution in [0.15, 0.2) is 24.3 Å². The van der Waals surface area contributed by atoms with Crippen molar-refractivity contribution in [3.05, 3.63) is 29.8 Å². The van der Waals surface area contributed by atoms with E-state index in [1.807, 2.05) is 6.07 Å². The van der Waals surface area contributed by atoms with Gasteiger partial charge in [-0.05, 0) is 11.6 Å². The molecule has 2 rings (SSSR count). The second kappa shape index (κ2) is 4.97. The van der Waals surface area contributed by atoms with Crippen molar-refractivity contribution < 1.29 is 18.0 Å². The summed E-state index contributed by atoms with van der Waals surface area (Å²) in [5, 5.41) is 3.08. The van der Waals surface area contributed by atoms with Crippen LogP contribution < -0.4 is 10.2 Å². The number of rotatable bonds is 1. The predicted octanol–water partition coefficient (Wildman–Crippen LogP) is 2.08. The average Bonchev–Trinajstić information content (AvgIpc) is 2.48. The number of hydrogen-bond donors (Lipinski definition) is 1. The van der Waals surface area contributed by atoms with Crippen molar-refractivity contribution >= 4 is 11.6 Å². The highest BCUT2D eigenvalue weighted by Gasteiger charge is 2.34. The summed E-state index contributed by atoms with van der Waals surface area (Å²) in [6.07, 6.45) is -5.88. The van der Waals surface area contributed by atoms with Crippen molar-refractivity contribution in [3.63, 3.8) is 0 Å².